The average Bonchev–Trinajstić information content (AvgIpc) is 3.26. The van der Waals surface area contributed by atoms with Gasteiger partial charge in [-0.15, -0.1) is 10.2 Å². The highest BCUT2D eigenvalue weighted by Gasteiger charge is 2.28. The van der Waals surface area contributed by atoms with E-state index in [1.165, 1.54) is 23.9 Å². The summed E-state index contributed by atoms with van der Waals surface area (Å²) in [6.07, 6.45) is 5.09. The number of rotatable bonds is 5. The van der Waals surface area contributed by atoms with Crippen LogP contribution in [0.25, 0.3) is 0 Å². The summed E-state index contributed by atoms with van der Waals surface area (Å²) in [6.45, 7) is 5.38. The number of hydrogen-bond donors (Lipinski definition) is 1. The summed E-state index contributed by atoms with van der Waals surface area (Å²) >= 11 is 1.43. The van der Waals surface area contributed by atoms with Crippen molar-refractivity contribution in [3.63, 3.8) is 0 Å². The number of amides is 2. The number of likely N-dealkylation sites (tertiary alicyclic amines) is 1. The van der Waals surface area contributed by atoms with Gasteiger partial charge in [-0.05, 0) is 24.8 Å². The van der Waals surface area contributed by atoms with Crippen molar-refractivity contribution < 1.29 is 14.0 Å². The van der Waals surface area contributed by atoms with Crippen LogP contribution in [-0.2, 0) is 11.2 Å². The molecule has 0 saturated carbocycles. The van der Waals surface area contributed by atoms with E-state index in [0.29, 0.717) is 42.5 Å². The van der Waals surface area contributed by atoms with Crippen LogP contribution in [0.15, 0.2) is 23.0 Å². The Hall–Kier alpha value is -2.22. The molecular formula is C17H22N4O3S. The van der Waals surface area contributed by atoms with E-state index in [1.54, 1.807) is 11.0 Å². The first-order chi connectivity index (χ1) is 12.0. The lowest BCUT2D eigenvalue weighted by Gasteiger charge is -2.30. The van der Waals surface area contributed by atoms with E-state index in [1.807, 2.05) is 0 Å². The SMILES string of the molecule is CC(C)Cc1nnc(NC(=O)C2CCN(C(=O)c3ccoc3)CC2)s1. The number of anilines is 1. The number of nitrogens with one attached hydrogen (secondary N) is 1. The van der Waals surface area contributed by atoms with Crippen LogP contribution in [0.3, 0.4) is 0 Å². The summed E-state index contributed by atoms with van der Waals surface area (Å²) in [4.78, 5) is 26.4. The highest BCUT2D eigenvalue weighted by atomic mass is 32.1. The van der Waals surface area contributed by atoms with Crippen molar-refractivity contribution in [3.05, 3.63) is 29.2 Å². The highest BCUT2D eigenvalue weighted by Crippen LogP contribution is 2.23. The van der Waals surface area contributed by atoms with E-state index in [9.17, 15) is 9.59 Å². The molecule has 3 rings (SSSR count). The zero-order chi connectivity index (χ0) is 17.8. The molecule has 0 spiro atoms. The number of carbonyl (C=O) groups is 2. The summed E-state index contributed by atoms with van der Waals surface area (Å²) in [6, 6.07) is 1.66. The molecule has 1 N–H and O–H groups in total. The summed E-state index contributed by atoms with van der Waals surface area (Å²) in [5.41, 5.74) is 0.550. The molecule has 3 heterocycles. The van der Waals surface area contributed by atoms with E-state index >= 15 is 0 Å². The van der Waals surface area contributed by atoms with Crippen LogP contribution in [0.4, 0.5) is 5.13 Å². The van der Waals surface area contributed by atoms with Crippen LogP contribution in [0, 0.1) is 11.8 Å². The number of carbonyl (C=O) groups excluding carboxylic acids is 2. The quantitative estimate of drug-likeness (QED) is 0.883. The van der Waals surface area contributed by atoms with Gasteiger partial charge < -0.3 is 14.6 Å². The molecular weight excluding hydrogens is 340 g/mol. The van der Waals surface area contributed by atoms with Gasteiger partial charge in [0.05, 0.1) is 11.8 Å². The van der Waals surface area contributed by atoms with Gasteiger partial charge in [-0.1, -0.05) is 25.2 Å². The van der Waals surface area contributed by atoms with E-state index in [4.69, 9.17) is 4.42 Å². The zero-order valence-corrected chi connectivity index (χ0v) is 15.2. The summed E-state index contributed by atoms with van der Waals surface area (Å²) in [5, 5.41) is 12.5. The Balaban J connectivity index is 1.50. The van der Waals surface area contributed by atoms with Gasteiger partial charge in [0.25, 0.3) is 5.91 Å². The van der Waals surface area contributed by atoms with E-state index < -0.39 is 0 Å². The third-order valence-electron chi connectivity index (χ3n) is 4.20. The first-order valence-electron chi connectivity index (χ1n) is 8.47. The molecule has 134 valence electrons. The first-order valence-corrected chi connectivity index (χ1v) is 9.29. The van der Waals surface area contributed by atoms with Gasteiger partial charge in [0.15, 0.2) is 0 Å². The molecule has 0 radical (unpaired) electrons. The molecule has 1 aliphatic rings. The lowest BCUT2D eigenvalue weighted by Crippen LogP contribution is -2.41. The third-order valence-corrected chi connectivity index (χ3v) is 5.06. The van der Waals surface area contributed by atoms with E-state index in [0.717, 1.165) is 11.4 Å². The van der Waals surface area contributed by atoms with Crippen molar-refractivity contribution in [1.82, 2.24) is 15.1 Å². The van der Waals surface area contributed by atoms with Crippen molar-refractivity contribution >= 4 is 28.3 Å². The standard InChI is InChI=1S/C17H22N4O3S/c1-11(2)9-14-19-20-17(25-14)18-15(22)12-3-6-21(7-4-12)16(23)13-5-8-24-10-13/h5,8,10-12H,3-4,6-7,9H2,1-2H3,(H,18,20,22). The predicted octanol–water partition coefficient (Wildman–Crippen LogP) is 2.82. The summed E-state index contributed by atoms with van der Waals surface area (Å²) in [5.74, 6) is 0.317. The van der Waals surface area contributed by atoms with Crippen LogP contribution >= 0.6 is 11.3 Å². The molecule has 2 aromatic rings. The van der Waals surface area contributed by atoms with Crippen molar-refractivity contribution in [1.29, 1.82) is 0 Å². The number of hydrogen-bond acceptors (Lipinski definition) is 6. The molecule has 0 aromatic carbocycles. The number of nitrogens with zero attached hydrogens (tertiary/aromatic N) is 3. The molecule has 1 aliphatic heterocycles. The Bertz CT molecular complexity index is 718. The Morgan fingerprint density at radius 1 is 1.36 bits per heavy atom. The number of furan rings is 1. The van der Waals surface area contributed by atoms with Crippen LogP contribution < -0.4 is 5.32 Å². The topological polar surface area (TPSA) is 88.3 Å². The minimum atomic E-state index is -0.106. The Labute approximate surface area is 150 Å². The second kappa shape index (κ2) is 7.77. The largest absolute Gasteiger partial charge is 0.472 e. The maximum absolute atomic E-state index is 12.4. The summed E-state index contributed by atoms with van der Waals surface area (Å²) < 4.78 is 4.95. The lowest BCUT2D eigenvalue weighted by molar-refractivity contribution is -0.121. The molecule has 0 bridgehead atoms. The Morgan fingerprint density at radius 2 is 2.12 bits per heavy atom. The molecule has 1 fully saturated rings. The molecule has 25 heavy (non-hydrogen) atoms. The van der Waals surface area contributed by atoms with Crippen molar-refractivity contribution in [2.75, 3.05) is 18.4 Å². The summed E-state index contributed by atoms with van der Waals surface area (Å²) in [7, 11) is 0. The Morgan fingerprint density at radius 3 is 2.76 bits per heavy atom. The monoisotopic (exact) mass is 362 g/mol. The normalized spacial score (nSPS) is 15.6. The number of piperidine rings is 1. The minimum Gasteiger partial charge on any atom is -0.472 e. The van der Waals surface area contributed by atoms with Gasteiger partial charge in [-0.2, -0.15) is 0 Å². The molecule has 0 aliphatic carbocycles. The maximum atomic E-state index is 12.4. The van der Waals surface area contributed by atoms with Gasteiger partial charge in [0.1, 0.15) is 11.3 Å². The number of aromatic nitrogens is 2. The van der Waals surface area contributed by atoms with E-state index in [-0.39, 0.29) is 17.7 Å². The molecule has 0 unspecified atom stereocenters. The first kappa shape index (κ1) is 17.6. The fraction of sp³-hybridized carbons (Fsp3) is 0.529. The fourth-order valence-corrected chi connectivity index (χ4v) is 3.81. The van der Waals surface area contributed by atoms with Gasteiger partial charge in [0.2, 0.25) is 11.0 Å². The zero-order valence-electron chi connectivity index (χ0n) is 14.4. The molecule has 0 atom stereocenters. The van der Waals surface area contributed by atoms with Gasteiger partial charge in [0, 0.05) is 25.4 Å². The van der Waals surface area contributed by atoms with Crippen LogP contribution in [0.5, 0.6) is 0 Å². The fourth-order valence-electron chi connectivity index (χ4n) is 2.86. The second-order valence-corrected chi connectivity index (χ2v) is 7.73. The molecule has 8 heteroatoms. The van der Waals surface area contributed by atoms with Crippen LogP contribution in [0.2, 0.25) is 0 Å². The van der Waals surface area contributed by atoms with Crippen LogP contribution in [0.1, 0.15) is 42.1 Å². The second-order valence-electron chi connectivity index (χ2n) is 6.67. The molecule has 1 saturated heterocycles. The third kappa shape index (κ3) is 4.45. The van der Waals surface area contributed by atoms with Gasteiger partial charge in [-0.3, -0.25) is 9.59 Å². The molecule has 7 nitrogen and oxygen atoms in total. The Kier molecular flexibility index (Phi) is 5.47. The highest BCUT2D eigenvalue weighted by molar-refractivity contribution is 7.15. The van der Waals surface area contributed by atoms with Crippen LogP contribution in [-0.4, -0.2) is 40.0 Å². The van der Waals surface area contributed by atoms with Gasteiger partial charge in [-0.25, -0.2) is 0 Å². The van der Waals surface area contributed by atoms with Gasteiger partial charge >= 0.3 is 0 Å². The average molecular weight is 362 g/mol. The van der Waals surface area contributed by atoms with Crippen molar-refractivity contribution in [2.24, 2.45) is 11.8 Å². The maximum Gasteiger partial charge on any atom is 0.257 e. The van der Waals surface area contributed by atoms with Crippen molar-refractivity contribution in [3.8, 4) is 0 Å². The van der Waals surface area contributed by atoms with Crippen molar-refractivity contribution in [2.45, 2.75) is 33.1 Å². The van der Waals surface area contributed by atoms with E-state index in [2.05, 4.69) is 29.4 Å². The minimum absolute atomic E-state index is 0.0392. The predicted molar refractivity (Wildman–Crippen MR) is 94.4 cm³/mol. The molecule has 2 aromatic heterocycles. The smallest absolute Gasteiger partial charge is 0.257 e. The molecule has 2 amide bonds. The lowest BCUT2D eigenvalue weighted by atomic mass is 9.95.